The van der Waals surface area contributed by atoms with Crippen LogP contribution in [0.3, 0.4) is 0 Å². The minimum absolute atomic E-state index is 0.291. The molecule has 0 spiro atoms. The van der Waals surface area contributed by atoms with Crippen LogP contribution < -0.4 is 10.6 Å². The van der Waals surface area contributed by atoms with Crippen molar-refractivity contribution in [2.24, 2.45) is 5.73 Å². The van der Waals surface area contributed by atoms with E-state index < -0.39 is 0 Å². The van der Waals surface area contributed by atoms with Crippen molar-refractivity contribution in [2.75, 3.05) is 11.4 Å². The maximum Gasteiger partial charge on any atom is 0.248 e. The molecule has 0 bridgehead atoms. The Labute approximate surface area is 143 Å². The minimum atomic E-state index is -0.291. The van der Waals surface area contributed by atoms with Gasteiger partial charge in [0.15, 0.2) is 0 Å². The first kappa shape index (κ1) is 15.3. The zero-order chi connectivity index (χ0) is 16.7. The van der Waals surface area contributed by atoms with Crippen LogP contribution in [0.1, 0.15) is 52.2 Å². The highest BCUT2D eigenvalue weighted by atomic mass is 16.1. The molecular weight excluding hydrogens is 296 g/mol. The van der Waals surface area contributed by atoms with Crippen LogP contribution in [0.4, 0.5) is 5.69 Å². The molecule has 0 radical (unpaired) electrons. The Bertz CT molecular complexity index is 783. The average molecular weight is 320 g/mol. The first-order valence-electron chi connectivity index (χ1n) is 8.90. The second-order valence-electron chi connectivity index (χ2n) is 7.08. The molecule has 3 heteroatoms. The Hall–Kier alpha value is -2.29. The molecule has 4 rings (SSSR count). The molecule has 2 aromatic carbocycles. The number of amides is 1. The van der Waals surface area contributed by atoms with Gasteiger partial charge in [0.2, 0.25) is 5.91 Å². The predicted octanol–water partition coefficient (Wildman–Crippen LogP) is 3.79. The van der Waals surface area contributed by atoms with Crippen molar-refractivity contribution in [1.82, 2.24) is 0 Å². The maximum absolute atomic E-state index is 12.0. The first-order chi connectivity index (χ1) is 11.7. The van der Waals surface area contributed by atoms with Gasteiger partial charge in [0, 0.05) is 29.8 Å². The zero-order valence-corrected chi connectivity index (χ0v) is 14.2. The summed E-state index contributed by atoms with van der Waals surface area (Å²) in [5, 5.41) is 0. The molecule has 2 atom stereocenters. The molecule has 2 aromatic rings. The number of primary amides is 1. The van der Waals surface area contributed by atoms with Crippen molar-refractivity contribution in [3.63, 3.8) is 0 Å². The number of carbonyl (C=O) groups excluding carboxylic acids is 1. The summed E-state index contributed by atoms with van der Waals surface area (Å²) in [6.07, 6.45) is 4.47. The summed E-state index contributed by atoms with van der Waals surface area (Å²) >= 11 is 0. The van der Waals surface area contributed by atoms with Crippen LogP contribution in [0.25, 0.3) is 0 Å². The lowest BCUT2D eigenvalue weighted by molar-refractivity contribution is 0.0998. The number of hydrogen-bond acceptors (Lipinski definition) is 2. The fourth-order valence-electron chi connectivity index (χ4n) is 4.72. The molecule has 1 aliphatic carbocycles. The largest absolute Gasteiger partial charge is 0.368 e. The summed E-state index contributed by atoms with van der Waals surface area (Å²) < 4.78 is 0. The predicted molar refractivity (Wildman–Crippen MR) is 97.6 cm³/mol. The number of anilines is 1. The second-order valence-corrected chi connectivity index (χ2v) is 7.08. The number of hydrogen-bond donors (Lipinski definition) is 1. The van der Waals surface area contributed by atoms with Crippen molar-refractivity contribution in [3.05, 3.63) is 64.7 Å². The van der Waals surface area contributed by atoms with Crippen LogP contribution in [-0.2, 0) is 6.42 Å². The number of aryl methyl sites for hydroxylation is 2. The third-order valence-electron chi connectivity index (χ3n) is 5.75. The molecule has 24 heavy (non-hydrogen) atoms. The van der Waals surface area contributed by atoms with Crippen LogP contribution in [0.15, 0.2) is 42.5 Å². The number of benzene rings is 2. The van der Waals surface area contributed by atoms with E-state index in [2.05, 4.69) is 42.2 Å². The number of para-hydroxylation sites is 1. The number of rotatable bonds is 2. The van der Waals surface area contributed by atoms with Gasteiger partial charge in [-0.25, -0.2) is 0 Å². The number of piperidine rings is 1. The third-order valence-corrected chi connectivity index (χ3v) is 5.75. The second kappa shape index (κ2) is 5.97. The van der Waals surface area contributed by atoms with Crippen LogP contribution in [0.2, 0.25) is 0 Å². The minimum Gasteiger partial charge on any atom is -0.368 e. The van der Waals surface area contributed by atoms with Crippen molar-refractivity contribution in [1.29, 1.82) is 0 Å². The van der Waals surface area contributed by atoms with Crippen LogP contribution in [-0.4, -0.2) is 18.5 Å². The monoisotopic (exact) mass is 320 g/mol. The van der Waals surface area contributed by atoms with Crippen LogP contribution in [0.5, 0.6) is 0 Å². The van der Waals surface area contributed by atoms with Crippen LogP contribution >= 0.6 is 0 Å². The van der Waals surface area contributed by atoms with E-state index in [1.165, 1.54) is 22.4 Å². The molecule has 124 valence electrons. The SMILES string of the molecule is Cc1ccccc1N1CCC[C@@H]2c3c(cccc3C(N)=O)CC[C@H]21. The van der Waals surface area contributed by atoms with Gasteiger partial charge in [0.25, 0.3) is 0 Å². The smallest absolute Gasteiger partial charge is 0.248 e. The van der Waals surface area contributed by atoms with Crippen molar-refractivity contribution < 1.29 is 4.79 Å². The standard InChI is InChI=1S/C21H24N2O/c1-14-6-2-3-10-18(14)23-13-5-9-16-19(23)12-11-15-7-4-8-17(20(15)16)21(22)24/h2-4,6-8,10,16,19H,5,9,11-13H2,1H3,(H2,22,24)/t16-,19+/m0/s1. The molecule has 1 fully saturated rings. The summed E-state index contributed by atoms with van der Waals surface area (Å²) in [5.74, 6) is 0.117. The normalized spacial score (nSPS) is 22.6. The van der Waals surface area contributed by atoms with E-state index in [4.69, 9.17) is 5.73 Å². The number of nitrogens with two attached hydrogens (primary N) is 1. The zero-order valence-electron chi connectivity index (χ0n) is 14.2. The molecule has 1 aliphatic heterocycles. The number of nitrogens with zero attached hydrogens (tertiary/aromatic N) is 1. The van der Waals surface area contributed by atoms with E-state index in [0.29, 0.717) is 12.0 Å². The molecule has 3 nitrogen and oxygen atoms in total. The third kappa shape index (κ3) is 2.39. The van der Waals surface area contributed by atoms with Crippen LogP contribution in [0, 0.1) is 6.92 Å². The summed E-state index contributed by atoms with van der Waals surface area (Å²) in [4.78, 5) is 14.5. The quantitative estimate of drug-likeness (QED) is 0.915. The number of fused-ring (bicyclic) bond motifs is 3. The van der Waals surface area contributed by atoms with Gasteiger partial charge in [-0.1, -0.05) is 30.3 Å². The summed E-state index contributed by atoms with van der Waals surface area (Å²) in [7, 11) is 0. The highest BCUT2D eigenvalue weighted by molar-refractivity contribution is 5.95. The maximum atomic E-state index is 12.0. The van der Waals surface area contributed by atoms with E-state index >= 15 is 0 Å². The molecule has 0 aromatic heterocycles. The molecule has 2 N–H and O–H groups in total. The Kier molecular flexibility index (Phi) is 3.79. The fourth-order valence-corrected chi connectivity index (χ4v) is 4.72. The highest BCUT2D eigenvalue weighted by Crippen LogP contribution is 2.44. The number of carbonyl (C=O) groups is 1. The van der Waals surface area contributed by atoms with Gasteiger partial charge in [-0.05, 0) is 61.4 Å². The summed E-state index contributed by atoms with van der Waals surface area (Å²) in [5.41, 5.74) is 11.6. The molecule has 1 heterocycles. The summed E-state index contributed by atoms with van der Waals surface area (Å²) in [6, 6.07) is 15.1. The Morgan fingerprint density at radius 1 is 1.12 bits per heavy atom. The molecule has 2 aliphatic rings. The topological polar surface area (TPSA) is 46.3 Å². The highest BCUT2D eigenvalue weighted by Gasteiger charge is 2.38. The lowest BCUT2D eigenvalue weighted by atomic mass is 9.72. The van der Waals surface area contributed by atoms with E-state index in [9.17, 15) is 4.79 Å². The van der Waals surface area contributed by atoms with E-state index in [1.807, 2.05) is 12.1 Å². The Morgan fingerprint density at radius 3 is 2.75 bits per heavy atom. The Morgan fingerprint density at radius 2 is 1.96 bits per heavy atom. The summed E-state index contributed by atoms with van der Waals surface area (Å²) in [6.45, 7) is 3.28. The molecule has 1 amide bonds. The van der Waals surface area contributed by atoms with Gasteiger partial charge < -0.3 is 10.6 Å². The van der Waals surface area contributed by atoms with Gasteiger partial charge in [0.1, 0.15) is 0 Å². The van der Waals surface area contributed by atoms with Gasteiger partial charge in [-0.15, -0.1) is 0 Å². The van der Waals surface area contributed by atoms with Gasteiger partial charge in [0.05, 0.1) is 0 Å². The Balaban J connectivity index is 1.78. The lowest BCUT2D eigenvalue weighted by Gasteiger charge is -2.47. The van der Waals surface area contributed by atoms with Gasteiger partial charge >= 0.3 is 0 Å². The fraction of sp³-hybridized carbons (Fsp3) is 0.381. The average Bonchev–Trinajstić information content (AvgIpc) is 2.61. The van der Waals surface area contributed by atoms with Crippen molar-refractivity contribution in [3.8, 4) is 0 Å². The molecule has 1 saturated heterocycles. The van der Waals surface area contributed by atoms with E-state index in [1.54, 1.807) is 0 Å². The molecule has 0 unspecified atom stereocenters. The van der Waals surface area contributed by atoms with E-state index in [0.717, 1.165) is 37.8 Å². The van der Waals surface area contributed by atoms with Gasteiger partial charge in [-0.2, -0.15) is 0 Å². The molecule has 0 saturated carbocycles. The first-order valence-corrected chi connectivity index (χ1v) is 8.90. The van der Waals surface area contributed by atoms with Crippen molar-refractivity contribution >= 4 is 11.6 Å². The van der Waals surface area contributed by atoms with Gasteiger partial charge in [-0.3, -0.25) is 4.79 Å². The lowest BCUT2D eigenvalue weighted by Crippen LogP contribution is -2.47. The molecular formula is C21H24N2O. The van der Waals surface area contributed by atoms with Crippen molar-refractivity contribution in [2.45, 2.75) is 44.6 Å². The van der Waals surface area contributed by atoms with E-state index in [-0.39, 0.29) is 5.91 Å².